The van der Waals surface area contributed by atoms with Crippen molar-refractivity contribution in [2.24, 2.45) is 0 Å². The molecule has 4 unspecified atom stereocenters. The van der Waals surface area contributed by atoms with E-state index in [-0.39, 0.29) is 24.4 Å². The summed E-state index contributed by atoms with van der Waals surface area (Å²) in [6, 6.07) is 0. The van der Waals surface area contributed by atoms with Crippen LogP contribution >= 0.6 is 0 Å². The third-order valence-electron chi connectivity index (χ3n) is 2.91. The molecule has 0 radical (unpaired) electrons. The van der Waals surface area contributed by atoms with Crippen LogP contribution in [0, 0.1) is 0 Å². The van der Waals surface area contributed by atoms with Crippen LogP contribution in [0.3, 0.4) is 0 Å². The van der Waals surface area contributed by atoms with Gasteiger partial charge in [-0.1, -0.05) is 13.2 Å². The average molecular weight is 228 g/mol. The average Bonchev–Trinajstić information content (AvgIpc) is 2.30. The van der Waals surface area contributed by atoms with Gasteiger partial charge in [-0.3, -0.25) is 0 Å². The maximum atomic E-state index is 5.42. The molecule has 92 valence electrons. The van der Waals surface area contributed by atoms with E-state index in [1.807, 2.05) is 0 Å². The van der Waals surface area contributed by atoms with E-state index < -0.39 is 0 Å². The third-order valence-corrected chi connectivity index (χ3v) is 2.91. The quantitative estimate of drug-likeness (QED) is 0.650. The predicted octanol–water partition coefficient (Wildman–Crippen LogP) is 1.87. The van der Waals surface area contributed by atoms with Gasteiger partial charge in [-0.15, -0.1) is 0 Å². The van der Waals surface area contributed by atoms with Gasteiger partial charge in [0.15, 0.2) is 0 Å². The summed E-state index contributed by atoms with van der Waals surface area (Å²) in [6.45, 7) is 7.13. The standard InChI is InChI=1S/C12H20O4/c1-5-15-11-8-12(16-6-2)10(14-4)7-9(11)13-3/h5-6,9-12H,1-2,7-8H2,3-4H3. The Bertz CT molecular complexity index is 207. The molecule has 0 amide bonds. The molecule has 0 spiro atoms. The van der Waals surface area contributed by atoms with E-state index in [4.69, 9.17) is 18.9 Å². The summed E-state index contributed by atoms with van der Waals surface area (Å²) in [5.74, 6) is 0. The second-order valence-electron chi connectivity index (χ2n) is 3.70. The number of rotatable bonds is 6. The zero-order chi connectivity index (χ0) is 12.0. The molecule has 1 aliphatic carbocycles. The van der Waals surface area contributed by atoms with Crippen molar-refractivity contribution >= 4 is 0 Å². The molecule has 4 atom stereocenters. The lowest BCUT2D eigenvalue weighted by Gasteiger charge is -2.38. The monoisotopic (exact) mass is 228 g/mol. The van der Waals surface area contributed by atoms with E-state index in [0.717, 1.165) is 6.42 Å². The molecule has 4 heteroatoms. The molecule has 16 heavy (non-hydrogen) atoms. The molecular formula is C12H20O4. The first-order valence-corrected chi connectivity index (χ1v) is 5.35. The van der Waals surface area contributed by atoms with E-state index >= 15 is 0 Å². The zero-order valence-corrected chi connectivity index (χ0v) is 9.93. The molecule has 4 nitrogen and oxygen atoms in total. The summed E-state index contributed by atoms with van der Waals surface area (Å²) in [4.78, 5) is 0. The van der Waals surface area contributed by atoms with Crippen molar-refractivity contribution in [3.63, 3.8) is 0 Å². The highest BCUT2D eigenvalue weighted by Crippen LogP contribution is 2.28. The lowest BCUT2D eigenvalue weighted by molar-refractivity contribution is -0.134. The molecule has 0 aromatic carbocycles. The summed E-state index contributed by atoms with van der Waals surface area (Å²) in [7, 11) is 3.34. The third kappa shape index (κ3) is 3.00. The first-order valence-electron chi connectivity index (χ1n) is 5.35. The highest BCUT2D eigenvalue weighted by atomic mass is 16.6. The van der Waals surface area contributed by atoms with Crippen molar-refractivity contribution < 1.29 is 18.9 Å². The van der Waals surface area contributed by atoms with Crippen molar-refractivity contribution in [1.29, 1.82) is 0 Å². The van der Waals surface area contributed by atoms with E-state index in [0.29, 0.717) is 6.42 Å². The Balaban J connectivity index is 2.66. The lowest BCUT2D eigenvalue weighted by atomic mass is 9.89. The molecule has 0 saturated heterocycles. The van der Waals surface area contributed by atoms with Gasteiger partial charge in [0, 0.05) is 27.1 Å². The fourth-order valence-corrected chi connectivity index (χ4v) is 2.09. The number of methoxy groups -OCH3 is 2. The highest BCUT2D eigenvalue weighted by Gasteiger charge is 2.39. The van der Waals surface area contributed by atoms with Crippen molar-refractivity contribution in [3.05, 3.63) is 25.7 Å². The normalized spacial score (nSPS) is 34.1. The number of ether oxygens (including phenoxy) is 4. The van der Waals surface area contributed by atoms with Gasteiger partial charge in [-0.2, -0.15) is 0 Å². The molecule has 1 fully saturated rings. The maximum Gasteiger partial charge on any atom is 0.128 e. The summed E-state index contributed by atoms with van der Waals surface area (Å²) >= 11 is 0. The molecule has 0 aromatic heterocycles. The smallest absolute Gasteiger partial charge is 0.128 e. The van der Waals surface area contributed by atoms with Gasteiger partial charge in [0.2, 0.25) is 0 Å². The first-order chi connectivity index (χ1) is 7.76. The highest BCUT2D eigenvalue weighted by molar-refractivity contribution is 4.90. The lowest BCUT2D eigenvalue weighted by Crippen LogP contribution is -2.47. The van der Waals surface area contributed by atoms with Gasteiger partial charge in [0.25, 0.3) is 0 Å². The van der Waals surface area contributed by atoms with Gasteiger partial charge in [-0.05, 0) is 0 Å². The van der Waals surface area contributed by atoms with Gasteiger partial charge in [-0.25, -0.2) is 0 Å². The Labute approximate surface area is 96.8 Å². The van der Waals surface area contributed by atoms with Gasteiger partial charge in [0.1, 0.15) is 12.2 Å². The molecule has 0 aliphatic heterocycles. The van der Waals surface area contributed by atoms with Gasteiger partial charge in [0.05, 0.1) is 24.7 Å². The van der Waals surface area contributed by atoms with Crippen molar-refractivity contribution in [3.8, 4) is 0 Å². The van der Waals surface area contributed by atoms with Crippen LogP contribution in [0.1, 0.15) is 12.8 Å². The molecule has 1 aliphatic rings. The van der Waals surface area contributed by atoms with Gasteiger partial charge >= 0.3 is 0 Å². The Morgan fingerprint density at radius 1 is 0.812 bits per heavy atom. The second kappa shape index (κ2) is 6.55. The van der Waals surface area contributed by atoms with Crippen LogP contribution in [-0.4, -0.2) is 38.6 Å². The summed E-state index contributed by atoms with van der Waals surface area (Å²) in [5, 5.41) is 0. The minimum Gasteiger partial charge on any atom is -0.496 e. The number of hydrogen-bond donors (Lipinski definition) is 0. The van der Waals surface area contributed by atoms with Crippen LogP contribution in [0.4, 0.5) is 0 Å². The zero-order valence-electron chi connectivity index (χ0n) is 9.93. The summed E-state index contributed by atoms with van der Waals surface area (Å²) < 4.78 is 21.6. The molecule has 1 saturated carbocycles. The fourth-order valence-electron chi connectivity index (χ4n) is 2.09. The minimum absolute atomic E-state index is 0.00705. The molecular weight excluding hydrogens is 208 g/mol. The minimum atomic E-state index is -0.0427. The molecule has 0 N–H and O–H groups in total. The fraction of sp³-hybridized carbons (Fsp3) is 0.667. The topological polar surface area (TPSA) is 36.9 Å². The van der Waals surface area contributed by atoms with Crippen molar-refractivity contribution in [2.45, 2.75) is 37.3 Å². The van der Waals surface area contributed by atoms with Crippen LogP contribution in [0.5, 0.6) is 0 Å². The van der Waals surface area contributed by atoms with E-state index in [9.17, 15) is 0 Å². The largest absolute Gasteiger partial charge is 0.496 e. The molecule has 0 bridgehead atoms. The maximum absolute atomic E-state index is 5.42. The summed E-state index contributed by atoms with van der Waals surface area (Å²) in [6.07, 6.45) is 4.25. The van der Waals surface area contributed by atoms with Crippen LogP contribution in [0.15, 0.2) is 25.7 Å². The Morgan fingerprint density at radius 3 is 1.50 bits per heavy atom. The SMILES string of the molecule is C=COC1CC(OC=C)C(OC)CC1OC. The predicted molar refractivity (Wildman–Crippen MR) is 61.0 cm³/mol. The summed E-state index contributed by atoms with van der Waals surface area (Å²) in [5.41, 5.74) is 0. The Hall–Kier alpha value is -1.00. The van der Waals surface area contributed by atoms with E-state index in [2.05, 4.69) is 13.2 Å². The first kappa shape index (κ1) is 13.1. The second-order valence-corrected chi connectivity index (χ2v) is 3.70. The van der Waals surface area contributed by atoms with E-state index in [1.165, 1.54) is 12.5 Å². The molecule has 0 aromatic rings. The van der Waals surface area contributed by atoms with Crippen LogP contribution < -0.4 is 0 Å². The van der Waals surface area contributed by atoms with Crippen molar-refractivity contribution in [2.75, 3.05) is 14.2 Å². The van der Waals surface area contributed by atoms with Crippen molar-refractivity contribution in [1.82, 2.24) is 0 Å². The van der Waals surface area contributed by atoms with Crippen LogP contribution in [-0.2, 0) is 18.9 Å². The molecule has 0 heterocycles. The Kier molecular flexibility index (Phi) is 5.35. The molecule has 1 rings (SSSR count). The number of hydrogen-bond acceptors (Lipinski definition) is 4. The van der Waals surface area contributed by atoms with Crippen LogP contribution in [0.2, 0.25) is 0 Å². The van der Waals surface area contributed by atoms with Crippen LogP contribution in [0.25, 0.3) is 0 Å². The van der Waals surface area contributed by atoms with Gasteiger partial charge < -0.3 is 18.9 Å². The Morgan fingerprint density at radius 2 is 1.19 bits per heavy atom. The van der Waals surface area contributed by atoms with E-state index in [1.54, 1.807) is 14.2 Å².